The SMILES string of the molecule is CCOC(=O)c1sc(Cc2ccccc2Cl)c(C#N)c1N. The largest absolute Gasteiger partial charge is 0.462 e. The van der Waals surface area contributed by atoms with Crippen molar-refractivity contribution in [1.82, 2.24) is 0 Å². The van der Waals surface area contributed by atoms with Crippen molar-refractivity contribution >= 4 is 34.6 Å². The van der Waals surface area contributed by atoms with Crippen LogP contribution in [0.15, 0.2) is 24.3 Å². The van der Waals surface area contributed by atoms with Crippen molar-refractivity contribution in [3.05, 3.63) is 50.2 Å². The van der Waals surface area contributed by atoms with E-state index in [9.17, 15) is 10.1 Å². The van der Waals surface area contributed by atoms with Gasteiger partial charge in [-0.1, -0.05) is 29.8 Å². The van der Waals surface area contributed by atoms with Crippen LogP contribution in [0, 0.1) is 11.3 Å². The molecule has 6 heteroatoms. The summed E-state index contributed by atoms with van der Waals surface area (Å²) in [6, 6.07) is 9.43. The average Bonchev–Trinajstić information content (AvgIpc) is 2.78. The van der Waals surface area contributed by atoms with E-state index in [1.54, 1.807) is 13.0 Å². The van der Waals surface area contributed by atoms with E-state index in [4.69, 9.17) is 22.1 Å². The zero-order valence-corrected chi connectivity index (χ0v) is 12.9. The lowest BCUT2D eigenvalue weighted by Gasteiger charge is -2.02. The Morgan fingerprint density at radius 2 is 2.19 bits per heavy atom. The second kappa shape index (κ2) is 6.61. The molecule has 108 valence electrons. The first-order valence-corrected chi connectivity index (χ1v) is 7.49. The highest BCUT2D eigenvalue weighted by Crippen LogP contribution is 2.34. The lowest BCUT2D eigenvalue weighted by Crippen LogP contribution is -2.05. The Bertz CT molecular complexity index is 719. The molecule has 4 nitrogen and oxygen atoms in total. The topological polar surface area (TPSA) is 76.1 Å². The summed E-state index contributed by atoms with van der Waals surface area (Å²) in [6.45, 7) is 1.98. The summed E-state index contributed by atoms with van der Waals surface area (Å²) >= 11 is 7.31. The molecule has 0 aliphatic rings. The van der Waals surface area contributed by atoms with Gasteiger partial charge in [-0.3, -0.25) is 0 Å². The predicted molar refractivity (Wildman–Crippen MR) is 83.7 cm³/mol. The van der Waals surface area contributed by atoms with Gasteiger partial charge in [0, 0.05) is 16.3 Å². The molecule has 1 aromatic heterocycles. The van der Waals surface area contributed by atoms with Crippen molar-refractivity contribution in [1.29, 1.82) is 5.26 Å². The fourth-order valence-electron chi connectivity index (χ4n) is 1.90. The van der Waals surface area contributed by atoms with Crippen LogP contribution in [-0.4, -0.2) is 12.6 Å². The third kappa shape index (κ3) is 3.18. The number of carbonyl (C=O) groups is 1. The van der Waals surface area contributed by atoms with E-state index in [0.29, 0.717) is 21.9 Å². The Morgan fingerprint density at radius 3 is 2.81 bits per heavy atom. The molecule has 0 spiro atoms. The number of thiophene rings is 1. The van der Waals surface area contributed by atoms with Gasteiger partial charge in [0.15, 0.2) is 0 Å². The van der Waals surface area contributed by atoms with Crippen LogP contribution in [0.1, 0.15) is 32.6 Å². The minimum Gasteiger partial charge on any atom is -0.462 e. The molecule has 0 saturated carbocycles. The van der Waals surface area contributed by atoms with Gasteiger partial charge in [-0.15, -0.1) is 11.3 Å². The summed E-state index contributed by atoms with van der Waals surface area (Å²) in [5, 5.41) is 9.88. The lowest BCUT2D eigenvalue weighted by atomic mass is 10.1. The van der Waals surface area contributed by atoms with Crippen molar-refractivity contribution in [2.24, 2.45) is 0 Å². The summed E-state index contributed by atoms with van der Waals surface area (Å²) in [5.41, 5.74) is 7.28. The van der Waals surface area contributed by atoms with E-state index in [2.05, 4.69) is 6.07 Å². The van der Waals surface area contributed by atoms with Gasteiger partial charge >= 0.3 is 5.97 Å². The van der Waals surface area contributed by atoms with E-state index in [0.717, 1.165) is 5.56 Å². The number of hydrogen-bond acceptors (Lipinski definition) is 5. The Hall–Kier alpha value is -2.03. The first-order chi connectivity index (χ1) is 10.1. The van der Waals surface area contributed by atoms with Crippen molar-refractivity contribution in [3.63, 3.8) is 0 Å². The van der Waals surface area contributed by atoms with Crippen LogP contribution < -0.4 is 5.73 Å². The Kier molecular flexibility index (Phi) is 4.84. The molecule has 2 aromatic rings. The van der Waals surface area contributed by atoms with Crippen LogP contribution in [0.4, 0.5) is 5.69 Å². The molecule has 2 rings (SSSR count). The van der Waals surface area contributed by atoms with Crippen molar-refractivity contribution in [2.45, 2.75) is 13.3 Å². The van der Waals surface area contributed by atoms with Crippen LogP contribution in [0.3, 0.4) is 0 Å². The van der Waals surface area contributed by atoms with E-state index < -0.39 is 5.97 Å². The highest BCUT2D eigenvalue weighted by atomic mass is 35.5. The average molecular weight is 321 g/mol. The second-order valence-corrected chi connectivity index (χ2v) is 5.76. The summed E-state index contributed by atoms with van der Waals surface area (Å²) in [7, 11) is 0. The van der Waals surface area contributed by atoms with Gasteiger partial charge in [-0.25, -0.2) is 4.79 Å². The molecule has 0 atom stereocenters. The quantitative estimate of drug-likeness (QED) is 0.873. The fourth-order valence-corrected chi connectivity index (χ4v) is 3.19. The van der Waals surface area contributed by atoms with Gasteiger partial charge in [-0.05, 0) is 18.6 Å². The number of ether oxygens (including phenoxy) is 1. The molecule has 2 N–H and O–H groups in total. The molecule has 0 bridgehead atoms. The van der Waals surface area contributed by atoms with Crippen LogP contribution in [-0.2, 0) is 11.2 Å². The molecule has 0 unspecified atom stereocenters. The van der Waals surface area contributed by atoms with Gasteiger partial charge in [0.2, 0.25) is 0 Å². The first-order valence-electron chi connectivity index (χ1n) is 6.30. The molecule has 1 heterocycles. The number of nitriles is 1. The monoisotopic (exact) mass is 320 g/mol. The summed E-state index contributed by atoms with van der Waals surface area (Å²) < 4.78 is 4.95. The highest BCUT2D eigenvalue weighted by molar-refractivity contribution is 7.14. The van der Waals surface area contributed by atoms with E-state index in [1.807, 2.05) is 18.2 Å². The number of anilines is 1. The number of nitrogens with zero attached hydrogens (tertiary/aromatic N) is 1. The molecular weight excluding hydrogens is 308 g/mol. The van der Waals surface area contributed by atoms with Crippen LogP contribution >= 0.6 is 22.9 Å². The molecule has 0 amide bonds. The third-order valence-corrected chi connectivity index (χ3v) is 4.45. The minimum absolute atomic E-state index is 0.183. The normalized spacial score (nSPS) is 10.1. The smallest absolute Gasteiger partial charge is 0.350 e. The number of rotatable bonds is 4. The van der Waals surface area contributed by atoms with Gasteiger partial charge in [0.25, 0.3) is 0 Å². The van der Waals surface area contributed by atoms with E-state index >= 15 is 0 Å². The van der Waals surface area contributed by atoms with Gasteiger partial charge in [0.05, 0.1) is 17.9 Å². The molecule has 0 saturated heterocycles. The number of hydrogen-bond donors (Lipinski definition) is 1. The number of halogens is 1. The van der Waals surface area contributed by atoms with Gasteiger partial charge in [-0.2, -0.15) is 5.26 Å². The van der Waals surface area contributed by atoms with E-state index in [-0.39, 0.29) is 17.2 Å². The second-order valence-electron chi connectivity index (χ2n) is 4.24. The number of nitrogens with two attached hydrogens (primary N) is 1. The maximum Gasteiger partial charge on any atom is 0.350 e. The maximum atomic E-state index is 11.8. The number of benzene rings is 1. The Balaban J connectivity index is 2.41. The lowest BCUT2D eigenvalue weighted by molar-refractivity contribution is 0.0533. The number of esters is 1. The van der Waals surface area contributed by atoms with Crippen LogP contribution in [0.2, 0.25) is 5.02 Å². The van der Waals surface area contributed by atoms with Gasteiger partial charge < -0.3 is 10.5 Å². The summed E-state index contributed by atoms with van der Waals surface area (Å²) in [6.07, 6.45) is 0.455. The van der Waals surface area contributed by atoms with Crippen molar-refractivity contribution in [3.8, 4) is 6.07 Å². The molecular formula is C15H13ClN2O2S. The van der Waals surface area contributed by atoms with Crippen molar-refractivity contribution in [2.75, 3.05) is 12.3 Å². The zero-order chi connectivity index (χ0) is 15.4. The van der Waals surface area contributed by atoms with Crippen LogP contribution in [0.5, 0.6) is 0 Å². The van der Waals surface area contributed by atoms with Gasteiger partial charge in [0.1, 0.15) is 10.9 Å². The molecule has 0 radical (unpaired) electrons. The molecule has 1 aromatic carbocycles. The summed E-state index contributed by atoms with van der Waals surface area (Å²) in [4.78, 5) is 12.8. The minimum atomic E-state index is -0.498. The first kappa shape index (κ1) is 15.4. The molecule has 0 aliphatic carbocycles. The van der Waals surface area contributed by atoms with Crippen LogP contribution in [0.25, 0.3) is 0 Å². The third-order valence-electron chi connectivity index (χ3n) is 2.90. The number of nitrogen functional groups attached to an aromatic ring is 1. The maximum absolute atomic E-state index is 11.8. The zero-order valence-electron chi connectivity index (χ0n) is 11.4. The Labute approximate surface area is 131 Å². The van der Waals surface area contributed by atoms with Crippen molar-refractivity contribution < 1.29 is 9.53 Å². The molecule has 0 fully saturated rings. The highest BCUT2D eigenvalue weighted by Gasteiger charge is 2.22. The fraction of sp³-hybridized carbons (Fsp3) is 0.200. The molecule has 0 aliphatic heterocycles. The van der Waals surface area contributed by atoms with E-state index in [1.165, 1.54) is 11.3 Å². The standard InChI is InChI=1S/C15H13ClN2O2S/c1-2-20-15(19)14-13(18)10(8-17)12(21-14)7-9-5-3-4-6-11(9)16/h3-6H,2,7,18H2,1H3. The summed E-state index contributed by atoms with van der Waals surface area (Å²) in [5.74, 6) is -0.498. The Morgan fingerprint density at radius 1 is 1.48 bits per heavy atom. The predicted octanol–water partition coefficient (Wildman–Crippen LogP) is 3.62. The number of carbonyl (C=O) groups excluding carboxylic acids is 1. The molecule has 21 heavy (non-hydrogen) atoms.